The Balaban J connectivity index is 2.29. The fraction of sp³-hybridized carbons (Fsp3) is 0.444. The molecule has 2 rings (SSSR count). The molecule has 1 aliphatic carbocycles. The number of piperidine rings is 1. The van der Waals surface area contributed by atoms with Crippen molar-refractivity contribution in [2.24, 2.45) is 5.92 Å². The van der Waals surface area contributed by atoms with Crippen LogP contribution in [0.2, 0.25) is 0 Å². The Labute approximate surface area is 76.3 Å². The predicted octanol–water partition coefficient (Wildman–Crippen LogP) is 1.58. The second-order valence-corrected chi connectivity index (χ2v) is 3.60. The monoisotopic (exact) mass is 183 g/mol. The van der Waals surface area contributed by atoms with Crippen molar-refractivity contribution in [1.29, 1.82) is 0 Å². The molecule has 2 aliphatic rings. The number of halogens is 1. The molecule has 0 bridgehead atoms. The highest BCUT2D eigenvalue weighted by molar-refractivity contribution is 6.31. The molecule has 2 nitrogen and oxygen atoms in total. The maximum Gasteiger partial charge on any atom is 0.247 e. The standard InChI is InChI=1S/C9H10ClNO/c10-7-2-1-6-3-4-11-9(12)8(6)5-7/h2,5-6H,1,3-4H2,(H,11,12). The van der Waals surface area contributed by atoms with E-state index >= 15 is 0 Å². The summed E-state index contributed by atoms with van der Waals surface area (Å²) in [4.78, 5) is 11.3. The quantitative estimate of drug-likeness (QED) is 0.607. The third-order valence-corrected chi connectivity index (χ3v) is 2.63. The van der Waals surface area contributed by atoms with E-state index in [1.54, 1.807) is 6.08 Å². The van der Waals surface area contributed by atoms with Gasteiger partial charge in [0.05, 0.1) is 0 Å². The maximum atomic E-state index is 11.3. The van der Waals surface area contributed by atoms with Crippen molar-refractivity contribution in [2.45, 2.75) is 12.8 Å². The topological polar surface area (TPSA) is 29.1 Å². The lowest BCUT2D eigenvalue weighted by atomic mass is 9.86. The average Bonchev–Trinajstić information content (AvgIpc) is 2.07. The molecule has 0 saturated carbocycles. The molecular formula is C9H10ClNO. The number of hydrogen-bond donors (Lipinski definition) is 1. The number of rotatable bonds is 0. The Hall–Kier alpha value is -0.760. The number of amides is 1. The van der Waals surface area contributed by atoms with Gasteiger partial charge < -0.3 is 5.32 Å². The van der Waals surface area contributed by atoms with E-state index in [1.807, 2.05) is 6.08 Å². The summed E-state index contributed by atoms with van der Waals surface area (Å²) in [6.45, 7) is 0.798. The van der Waals surface area contributed by atoms with Gasteiger partial charge in [-0.2, -0.15) is 0 Å². The number of carbonyl (C=O) groups is 1. The van der Waals surface area contributed by atoms with Crippen LogP contribution in [0.3, 0.4) is 0 Å². The van der Waals surface area contributed by atoms with Crippen molar-refractivity contribution in [3.63, 3.8) is 0 Å². The first-order valence-corrected chi connectivity index (χ1v) is 4.50. The molecule has 1 N–H and O–H groups in total. The van der Waals surface area contributed by atoms with Gasteiger partial charge in [0.15, 0.2) is 0 Å². The summed E-state index contributed by atoms with van der Waals surface area (Å²) in [6.07, 6.45) is 5.72. The predicted molar refractivity (Wildman–Crippen MR) is 47.8 cm³/mol. The average molecular weight is 184 g/mol. The number of carbonyl (C=O) groups excluding carboxylic acids is 1. The van der Waals surface area contributed by atoms with Crippen LogP contribution in [0.4, 0.5) is 0 Å². The van der Waals surface area contributed by atoms with Crippen LogP contribution >= 0.6 is 11.6 Å². The Morgan fingerprint density at radius 3 is 3.25 bits per heavy atom. The zero-order valence-electron chi connectivity index (χ0n) is 6.64. The number of fused-ring (bicyclic) bond motifs is 1. The molecule has 1 fully saturated rings. The van der Waals surface area contributed by atoms with Crippen molar-refractivity contribution >= 4 is 17.5 Å². The molecule has 0 aromatic rings. The smallest absolute Gasteiger partial charge is 0.247 e. The summed E-state index contributed by atoms with van der Waals surface area (Å²) in [5, 5.41) is 3.50. The van der Waals surface area contributed by atoms with Gasteiger partial charge in [-0.1, -0.05) is 17.7 Å². The molecular weight excluding hydrogens is 174 g/mol. The lowest BCUT2D eigenvalue weighted by molar-refractivity contribution is -0.119. The first-order chi connectivity index (χ1) is 5.77. The molecule has 0 radical (unpaired) electrons. The molecule has 1 amide bonds. The number of allylic oxidation sites excluding steroid dienone is 3. The summed E-state index contributed by atoms with van der Waals surface area (Å²) in [6, 6.07) is 0. The van der Waals surface area contributed by atoms with Crippen LogP contribution in [-0.2, 0) is 4.79 Å². The summed E-state index contributed by atoms with van der Waals surface area (Å²) < 4.78 is 0. The fourth-order valence-electron chi connectivity index (χ4n) is 1.69. The highest BCUT2D eigenvalue weighted by Gasteiger charge is 2.26. The van der Waals surface area contributed by atoms with Crippen LogP contribution in [0.1, 0.15) is 12.8 Å². The molecule has 0 aromatic carbocycles. The van der Waals surface area contributed by atoms with Gasteiger partial charge in [-0.15, -0.1) is 0 Å². The van der Waals surface area contributed by atoms with E-state index in [2.05, 4.69) is 5.32 Å². The van der Waals surface area contributed by atoms with Gasteiger partial charge in [0.1, 0.15) is 0 Å². The molecule has 0 aromatic heterocycles. The molecule has 1 aliphatic heterocycles. The van der Waals surface area contributed by atoms with Gasteiger partial charge in [-0.05, 0) is 24.8 Å². The second kappa shape index (κ2) is 2.94. The molecule has 1 heterocycles. The summed E-state index contributed by atoms with van der Waals surface area (Å²) >= 11 is 5.81. The van der Waals surface area contributed by atoms with Crippen molar-refractivity contribution in [2.75, 3.05) is 6.54 Å². The Kier molecular flexibility index (Phi) is 1.93. The van der Waals surface area contributed by atoms with Gasteiger partial charge in [0.2, 0.25) is 5.91 Å². The molecule has 1 unspecified atom stereocenters. The molecule has 1 saturated heterocycles. The van der Waals surface area contributed by atoms with E-state index in [-0.39, 0.29) is 5.91 Å². The first kappa shape index (κ1) is 7.87. The van der Waals surface area contributed by atoms with Crippen molar-refractivity contribution in [1.82, 2.24) is 5.32 Å². The van der Waals surface area contributed by atoms with Gasteiger partial charge in [-0.25, -0.2) is 0 Å². The largest absolute Gasteiger partial charge is 0.352 e. The van der Waals surface area contributed by atoms with Crippen LogP contribution < -0.4 is 5.32 Å². The number of hydrogen-bond acceptors (Lipinski definition) is 1. The van der Waals surface area contributed by atoms with Gasteiger partial charge in [-0.3, -0.25) is 4.79 Å². The third-order valence-electron chi connectivity index (χ3n) is 2.37. The van der Waals surface area contributed by atoms with E-state index in [4.69, 9.17) is 11.6 Å². The molecule has 3 heteroatoms. The highest BCUT2D eigenvalue weighted by atomic mass is 35.5. The van der Waals surface area contributed by atoms with Crippen LogP contribution in [0.5, 0.6) is 0 Å². The number of nitrogens with one attached hydrogen (secondary N) is 1. The zero-order valence-corrected chi connectivity index (χ0v) is 7.40. The van der Waals surface area contributed by atoms with E-state index in [0.29, 0.717) is 11.0 Å². The third kappa shape index (κ3) is 1.27. The van der Waals surface area contributed by atoms with Crippen LogP contribution in [0, 0.1) is 5.92 Å². The van der Waals surface area contributed by atoms with E-state index in [1.165, 1.54) is 0 Å². The van der Waals surface area contributed by atoms with Gasteiger partial charge in [0, 0.05) is 17.2 Å². The second-order valence-electron chi connectivity index (χ2n) is 3.17. The molecule has 64 valence electrons. The minimum absolute atomic E-state index is 0.0532. The van der Waals surface area contributed by atoms with Gasteiger partial charge in [0.25, 0.3) is 0 Å². The zero-order chi connectivity index (χ0) is 8.55. The molecule has 1 atom stereocenters. The normalized spacial score (nSPS) is 28.4. The SMILES string of the molecule is O=C1NCCC2CC=C(Cl)C=C12. The maximum absolute atomic E-state index is 11.3. The fourth-order valence-corrected chi connectivity index (χ4v) is 1.90. The van der Waals surface area contributed by atoms with Crippen molar-refractivity contribution in [3.05, 3.63) is 22.8 Å². The Morgan fingerprint density at radius 1 is 1.58 bits per heavy atom. The van der Waals surface area contributed by atoms with Crippen LogP contribution in [0.15, 0.2) is 22.8 Å². The van der Waals surface area contributed by atoms with Crippen molar-refractivity contribution < 1.29 is 4.79 Å². The lowest BCUT2D eigenvalue weighted by Gasteiger charge is -2.26. The van der Waals surface area contributed by atoms with Gasteiger partial charge >= 0.3 is 0 Å². The summed E-state index contributed by atoms with van der Waals surface area (Å²) in [5.74, 6) is 0.457. The minimum atomic E-state index is 0.0532. The Morgan fingerprint density at radius 2 is 2.42 bits per heavy atom. The highest BCUT2D eigenvalue weighted by Crippen LogP contribution is 2.30. The van der Waals surface area contributed by atoms with E-state index < -0.39 is 0 Å². The minimum Gasteiger partial charge on any atom is -0.352 e. The summed E-state index contributed by atoms with van der Waals surface area (Å²) in [5.41, 5.74) is 0.855. The van der Waals surface area contributed by atoms with Crippen LogP contribution in [0.25, 0.3) is 0 Å². The molecule has 12 heavy (non-hydrogen) atoms. The summed E-state index contributed by atoms with van der Waals surface area (Å²) in [7, 11) is 0. The molecule has 0 spiro atoms. The lowest BCUT2D eigenvalue weighted by Crippen LogP contribution is -2.36. The van der Waals surface area contributed by atoms with E-state index in [0.717, 1.165) is 25.0 Å². The van der Waals surface area contributed by atoms with E-state index in [9.17, 15) is 4.79 Å². The Bertz CT molecular complexity index is 280. The van der Waals surface area contributed by atoms with Crippen molar-refractivity contribution in [3.8, 4) is 0 Å². The van der Waals surface area contributed by atoms with Crippen LogP contribution in [-0.4, -0.2) is 12.5 Å². The first-order valence-electron chi connectivity index (χ1n) is 4.13.